The van der Waals surface area contributed by atoms with Crippen molar-refractivity contribution >= 4 is 5.57 Å². The first-order chi connectivity index (χ1) is 12.6. The first-order valence-corrected chi connectivity index (χ1v) is 9.60. The van der Waals surface area contributed by atoms with Crippen LogP contribution in [-0.2, 0) is 0 Å². The molecule has 1 aliphatic heterocycles. The number of hydrogen-bond acceptors (Lipinski definition) is 3. The van der Waals surface area contributed by atoms with Gasteiger partial charge in [-0.15, -0.1) is 0 Å². The van der Waals surface area contributed by atoms with Crippen LogP contribution in [0.2, 0.25) is 0 Å². The van der Waals surface area contributed by atoms with E-state index in [1.54, 1.807) is 0 Å². The predicted octanol–water partition coefficient (Wildman–Crippen LogP) is 4.89. The van der Waals surface area contributed by atoms with Gasteiger partial charge in [0, 0.05) is 19.1 Å². The first-order valence-electron chi connectivity index (χ1n) is 9.60. The third kappa shape index (κ3) is 6.20. The van der Waals surface area contributed by atoms with Crippen LogP contribution in [0.1, 0.15) is 51.2 Å². The molecule has 0 saturated carbocycles. The fourth-order valence-electron chi connectivity index (χ4n) is 3.33. The van der Waals surface area contributed by atoms with E-state index in [0.29, 0.717) is 5.56 Å². The van der Waals surface area contributed by atoms with Crippen molar-refractivity contribution in [2.24, 2.45) is 0 Å². The number of nitrogens with zero attached hydrogens (tertiary/aromatic N) is 2. The molecule has 1 aromatic carbocycles. The molecule has 26 heavy (non-hydrogen) atoms. The average molecular weight is 350 g/mol. The SMILES string of the molecule is C/C=C(\C=C/CN/C=C(\C)CCN1CCC[C@H]1C)c1cccc(C#N)c1. The molecule has 0 spiro atoms. The molecule has 138 valence electrons. The van der Waals surface area contributed by atoms with E-state index in [9.17, 15) is 0 Å². The minimum Gasteiger partial charge on any atom is -0.387 e. The van der Waals surface area contributed by atoms with Crippen LogP contribution >= 0.6 is 0 Å². The van der Waals surface area contributed by atoms with Gasteiger partial charge in [-0.3, -0.25) is 0 Å². The lowest BCUT2D eigenvalue weighted by Crippen LogP contribution is -2.28. The Labute approximate surface area is 158 Å². The van der Waals surface area contributed by atoms with Gasteiger partial charge in [0.05, 0.1) is 11.6 Å². The van der Waals surface area contributed by atoms with Crippen LogP contribution in [0.4, 0.5) is 0 Å². The summed E-state index contributed by atoms with van der Waals surface area (Å²) in [6, 6.07) is 10.7. The third-order valence-corrected chi connectivity index (χ3v) is 5.00. The molecule has 0 unspecified atom stereocenters. The van der Waals surface area contributed by atoms with E-state index in [0.717, 1.165) is 30.1 Å². The fraction of sp³-hybridized carbons (Fsp3) is 0.435. The third-order valence-electron chi connectivity index (χ3n) is 5.00. The molecule has 1 N–H and O–H groups in total. The molecule has 0 amide bonds. The molecule has 0 radical (unpaired) electrons. The lowest BCUT2D eigenvalue weighted by atomic mass is 10.0. The van der Waals surface area contributed by atoms with Crippen LogP contribution in [-0.4, -0.2) is 30.6 Å². The second kappa shape index (κ2) is 10.6. The van der Waals surface area contributed by atoms with Crippen molar-refractivity contribution in [3.05, 3.63) is 65.4 Å². The standard InChI is InChI=1S/C23H31N3/c1-4-22(23-10-5-9-21(16-23)17-24)11-6-13-25-18-19(2)12-15-26-14-7-8-20(26)3/h4-6,9-11,16,18,20,25H,7-8,12-15H2,1-3H3/b11-6-,19-18+,22-4+/t20-/m1/s1. The molecule has 2 rings (SSSR count). The molecule has 1 heterocycles. The molecule has 0 aliphatic carbocycles. The van der Waals surface area contributed by atoms with Gasteiger partial charge in [0.25, 0.3) is 0 Å². The second-order valence-electron chi connectivity index (χ2n) is 7.02. The molecule has 1 atom stereocenters. The van der Waals surface area contributed by atoms with Gasteiger partial charge in [-0.25, -0.2) is 0 Å². The van der Waals surface area contributed by atoms with Gasteiger partial charge < -0.3 is 10.2 Å². The largest absolute Gasteiger partial charge is 0.387 e. The fourth-order valence-corrected chi connectivity index (χ4v) is 3.33. The zero-order chi connectivity index (χ0) is 18.8. The van der Waals surface area contributed by atoms with Crippen LogP contribution in [0, 0.1) is 11.3 Å². The zero-order valence-electron chi connectivity index (χ0n) is 16.3. The highest BCUT2D eigenvalue weighted by molar-refractivity contribution is 5.74. The van der Waals surface area contributed by atoms with Crippen molar-refractivity contribution in [2.45, 2.75) is 46.1 Å². The van der Waals surface area contributed by atoms with Crippen molar-refractivity contribution in [3.8, 4) is 6.07 Å². The zero-order valence-corrected chi connectivity index (χ0v) is 16.3. The summed E-state index contributed by atoms with van der Waals surface area (Å²) in [6.07, 6.45) is 12.3. The lowest BCUT2D eigenvalue weighted by molar-refractivity contribution is 0.272. The highest BCUT2D eigenvalue weighted by Gasteiger charge is 2.19. The minimum absolute atomic E-state index is 0.694. The van der Waals surface area contributed by atoms with E-state index in [2.05, 4.69) is 54.6 Å². The molecular formula is C23H31N3. The van der Waals surface area contributed by atoms with Crippen LogP contribution in [0.25, 0.3) is 5.57 Å². The van der Waals surface area contributed by atoms with Crippen LogP contribution in [0.15, 0.2) is 54.3 Å². The highest BCUT2D eigenvalue weighted by Crippen LogP contribution is 2.18. The van der Waals surface area contributed by atoms with E-state index in [-0.39, 0.29) is 0 Å². The van der Waals surface area contributed by atoms with Crippen LogP contribution in [0.3, 0.4) is 0 Å². The number of allylic oxidation sites excluding steroid dienone is 3. The summed E-state index contributed by atoms with van der Waals surface area (Å²) in [5, 5.41) is 12.4. The van der Waals surface area contributed by atoms with Crippen molar-refractivity contribution in [1.29, 1.82) is 5.26 Å². The van der Waals surface area contributed by atoms with Gasteiger partial charge in [-0.1, -0.05) is 35.9 Å². The molecule has 1 aliphatic rings. The van der Waals surface area contributed by atoms with Gasteiger partial charge in [0.2, 0.25) is 0 Å². The Morgan fingerprint density at radius 2 is 2.27 bits per heavy atom. The molecule has 1 aromatic rings. The number of likely N-dealkylation sites (tertiary alicyclic amines) is 1. The normalized spacial score (nSPS) is 19.1. The quantitative estimate of drug-likeness (QED) is 0.537. The number of hydrogen-bond donors (Lipinski definition) is 1. The molecular weight excluding hydrogens is 318 g/mol. The summed E-state index contributed by atoms with van der Waals surface area (Å²) in [4.78, 5) is 2.59. The topological polar surface area (TPSA) is 39.1 Å². The number of rotatable bonds is 8. The van der Waals surface area contributed by atoms with Crippen molar-refractivity contribution in [1.82, 2.24) is 10.2 Å². The molecule has 1 fully saturated rings. The highest BCUT2D eigenvalue weighted by atomic mass is 15.2. The Hall–Kier alpha value is -2.31. The van der Waals surface area contributed by atoms with E-state index < -0.39 is 0 Å². The molecule has 0 bridgehead atoms. The minimum atomic E-state index is 0.694. The van der Waals surface area contributed by atoms with Gasteiger partial charge in [0.1, 0.15) is 0 Å². The van der Waals surface area contributed by atoms with Gasteiger partial charge in [-0.05, 0) is 76.0 Å². The molecule has 1 saturated heterocycles. The van der Waals surface area contributed by atoms with Gasteiger partial charge in [-0.2, -0.15) is 5.26 Å². The van der Waals surface area contributed by atoms with Crippen LogP contribution < -0.4 is 5.32 Å². The van der Waals surface area contributed by atoms with E-state index in [4.69, 9.17) is 5.26 Å². The molecule has 3 nitrogen and oxygen atoms in total. The first kappa shape index (κ1) is 20.0. The molecule has 0 aromatic heterocycles. The van der Waals surface area contributed by atoms with Crippen molar-refractivity contribution in [2.75, 3.05) is 19.6 Å². The number of nitrogens with one attached hydrogen (secondary N) is 1. The monoisotopic (exact) mass is 349 g/mol. The summed E-state index contributed by atoms with van der Waals surface area (Å²) in [6.45, 7) is 9.77. The summed E-state index contributed by atoms with van der Waals surface area (Å²) in [5.41, 5.74) is 4.30. The molecule has 3 heteroatoms. The maximum atomic E-state index is 9.04. The Kier molecular flexibility index (Phi) is 8.18. The maximum absolute atomic E-state index is 9.04. The Morgan fingerprint density at radius 3 is 2.96 bits per heavy atom. The van der Waals surface area contributed by atoms with Crippen LogP contribution in [0.5, 0.6) is 0 Å². The Bertz CT molecular complexity index is 706. The maximum Gasteiger partial charge on any atom is 0.0991 e. The summed E-state index contributed by atoms with van der Waals surface area (Å²) < 4.78 is 0. The summed E-state index contributed by atoms with van der Waals surface area (Å²) in [5.74, 6) is 0. The smallest absolute Gasteiger partial charge is 0.0991 e. The predicted molar refractivity (Wildman–Crippen MR) is 111 cm³/mol. The summed E-state index contributed by atoms with van der Waals surface area (Å²) >= 11 is 0. The van der Waals surface area contributed by atoms with E-state index in [1.165, 1.54) is 31.5 Å². The van der Waals surface area contributed by atoms with Crippen molar-refractivity contribution < 1.29 is 0 Å². The average Bonchev–Trinajstić information content (AvgIpc) is 3.08. The number of benzene rings is 1. The van der Waals surface area contributed by atoms with Crippen molar-refractivity contribution in [3.63, 3.8) is 0 Å². The second-order valence-corrected chi connectivity index (χ2v) is 7.02. The van der Waals surface area contributed by atoms with Gasteiger partial charge in [0.15, 0.2) is 0 Å². The summed E-state index contributed by atoms with van der Waals surface area (Å²) in [7, 11) is 0. The Balaban J connectivity index is 1.77. The Morgan fingerprint density at radius 1 is 1.42 bits per heavy atom. The van der Waals surface area contributed by atoms with E-state index >= 15 is 0 Å². The lowest BCUT2D eigenvalue weighted by Gasteiger charge is -2.20. The van der Waals surface area contributed by atoms with E-state index in [1.807, 2.05) is 31.2 Å². The van der Waals surface area contributed by atoms with Gasteiger partial charge >= 0.3 is 0 Å². The number of nitriles is 1.